The fourth-order valence-corrected chi connectivity index (χ4v) is 4.04. The lowest BCUT2D eigenvalue weighted by Crippen LogP contribution is -2.26. The van der Waals surface area contributed by atoms with Crippen LogP contribution in [-0.4, -0.2) is 24.3 Å². The summed E-state index contributed by atoms with van der Waals surface area (Å²) in [6.45, 7) is 1.99. The van der Waals surface area contributed by atoms with Gasteiger partial charge in [0.2, 0.25) is 5.95 Å². The SMILES string of the molecule is C[C@H](Nc1nc(N)ncc1N)c1cc2cccc(-c3cnn(C)c3)c2c(=O)n1C1CC1. The normalized spacial score (nSPS) is 14.6. The molecule has 0 saturated heterocycles. The Kier molecular flexibility index (Phi) is 4.39. The van der Waals surface area contributed by atoms with Gasteiger partial charge in [-0.25, -0.2) is 4.98 Å². The molecule has 1 aliphatic rings. The molecule has 1 aromatic carbocycles. The second kappa shape index (κ2) is 7.12. The maximum atomic E-state index is 13.7. The predicted octanol–water partition coefficient (Wildman–Crippen LogP) is 2.86. The highest BCUT2D eigenvalue weighted by Gasteiger charge is 2.30. The van der Waals surface area contributed by atoms with Gasteiger partial charge in [0.25, 0.3) is 5.56 Å². The molecule has 0 spiro atoms. The molecular weight excluding hydrogens is 392 g/mol. The molecule has 3 aromatic heterocycles. The Bertz CT molecular complexity index is 1350. The lowest BCUT2D eigenvalue weighted by atomic mass is 10.00. The average molecular weight is 416 g/mol. The molecule has 1 saturated carbocycles. The van der Waals surface area contributed by atoms with Crippen LogP contribution in [-0.2, 0) is 7.05 Å². The summed E-state index contributed by atoms with van der Waals surface area (Å²) in [7, 11) is 1.87. The van der Waals surface area contributed by atoms with Gasteiger partial charge in [-0.05, 0) is 36.8 Å². The third-order valence-electron chi connectivity index (χ3n) is 5.67. The summed E-state index contributed by atoms with van der Waals surface area (Å²) in [6, 6.07) is 7.98. The van der Waals surface area contributed by atoms with E-state index in [-0.39, 0.29) is 23.6 Å². The third-order valence-corrected chi connectivity index (χ3v) is 5.67. The van der Waals surface area contributed by atoms with Crippen molar-refractivity contribution in [3.63, 3.8) is 0 Å². The Morgan fingerprint density at radius 1 is 1.23 bits per heavy atom. The predicted molar refractivity (Wildman–Crippen MR) is 122 cm³/mol. The molecule has 9 heteroatoms. The number of nitrogens with two attached hydrogens (primary N) is 2. The molecule has 158 valence electrons. The van der Waals surface area contributed by atoms with E-state index in [1.54, 1.807) is 10.9 Å². The van der Waals surface area contributed by atoms with Gasteiger partial charge in [-0.1, -0.05) is 18.2 Å². The van der Waals surface area contributed by atoms with Crippen molar-refractivity contribution in [3.05, 3.63) is 58.9 Å². The van der Waals surface area contributed by atoms with E-state index in [4.69, 9.17) is 11.5 Å². The zero-order valence-corrected chi connectivity index (χ0v) is 17.4. The highest BCUT2D eigenvalue weighted by Crippen LogP contribution is 2.38. The summed E-state index contributed by atoms with van der Waals surface area (Å²) in [6.07, 6.45) is 7.17. The smallest absolute Gasteiger partial charge is 0.259 e. The fourth-order valence-electron chi connectivity index (χ4n) is 4.04. The van der Waals surface area contributed by atoms with Crippen LogP contribution in [0.3, 0.4) is 0 Å². The number of benzene rings is 1. The van der Waals surface area contributed by atoms with E-state index in [0.717, 1.165) is 35.0 Å². The number of hydrogen-bond donors (Lipinski definition) is 3. The second-order valence-electron chi connectivity index (χ2n) is 8.05. The molecule has 0 bridgehead atoms. The van der Waals surface area contributed by atoms with E-state index in [9.17, 15) is 4.79 Å². The van der Waals surface area contributed by atoms with Crippen LogP contribution in [0, 0.1) is 0 Å². The van der Waals surface area contributed by atoms with E-state index >= 15 is 0 Å². The number of nitrogens with zero attached hydrogens (tertiary/aromatic N) is 5. The minimum Gasteiger partial charge on any atom is -0.394 e. The summed E-state index contributed by atoms with van der Waals surface area (Å²) in [5.74, 6) is 0.599. The molecule has 31 heavy (non-hydrogen) atoms. The number of hydrogen-bond acceptors (Lipinski definition) is 7. The van der Waals surface area contributed by atoms with Crippen LogP contribution >= 0.6 is 0 Å². The molecule has 1 fully saturated rings. The van der Waals surface area contributed by atoms with E-state index in [1.165, 1.54) is 6.20 Å². The Hall–Kier alpha value is -3.88. The first-order valence-corrected chi connectivity index (χ1v) is 10.2. The van der Waals surface area contributed by atoms with Gasteiger partial charge in [-0.3, -0.25) is 9.48 Å². The maximum Gasteiger partial charge on any atom is 0.259 e. The summed E-state index contributed by atoms with van der Waals surface area (Å²) in [5.41, 5.74) is 14.9. The fraction of sp³-hybridized carbons (Fsp3) is 0.273. The zero-order chi connectivity index (χ0) is 21.7. The molecule has 9 nitrogen and oxygen atoms in total. The van der Waals surface area contributed by atoms with Crippen molar-refractivity contribution in [1.29, 1.82) is 0 Å². The van der Waals surface area contributed by atoms with Crippen molar-refractivity contribution in [3.8, 4) is 11.1 Å². The van der Waals surface area contributed by atoms with Crippen molar-refractivity contribution in [2.45, 2.75) is 31.8 Å². The molecule has 0 radical (unpaired) electrons. The topological polar surface area (TPSA) is 130 Å². The summed E-state index contributed by atoms with van der Waals surface area (Å²) >= 11 is 0. The number of fused-ring (bicyclic) bond motifs is 1. The van der Waals surface area contributed by atoms with Crippen molar-refractivity contribution < 1.29 is 0 Å². The maximum absolute atomic E-state index is 13.7. The molecular formula is C22H24N8O. The molecule has 5 N–H and O–H groups in total. The van der Waals surface area contributed by atoms with Gasteiger partial charge in [-0.2, -0.15) is 10.1 Å². The Balaban J connectivity index is 1.66. The van der Waals surface area contributed by atoms with Crippen LogP contribution in [0.5, 0.6) is 0 Å². The summed E-state index contributed by atoms with van der Waals surface area (Å²) in [5, 5.41) is 9.18. The number of rotatable bonds is 5. The van der Waals surface area contributed by atoms with E-state index in [0.29, 0.717) is 16.9 Å². The van der Waals surface area contributed by atoms with Gasteiger partial charge < -0.3 is 21.4 Å². The lowest BCUT2D eigenvalue weighted by molar-refractivity contribution is 0.636. The van der Waals surface area contributed by atoms with Gasteiger partial charge in [-0.15, -0.1) is 0 Å². The number of nitrogen functional groups attached to an aromatic ring is 2. The van der Waals surface area contributed by atoms with Gasteiger partial charge in [0, 0.05) is 30.5 Å². The molecule has 0 aliphatic heterocycles. The molecule has 1 atom stereocenters. The average Bonchev–Trinajstić information content (AvgIpc) is 3.49. The standard InChI is InChI=1S/C22H24N8O/c1-12(27-20-17(23)10-25-22(24)28-20)18-8-13-4-3-5-16(14-9-26-29(2)11-14)19(13)21(31)30(18)15-6-7-15/h3-5,8-12,15H,6-7,23H2,1-2H3,(H3,24,25,27,28)/t12-/m0/s1. The first-order chi connectivity index (χ1) is 14.9. The van der Waals surface area contributed by atoms with E-state index in [1.807, 2.05) is 42.9 Å². The van der Waals surface area contributed by atoms with Crippen molar-refractivity contribution >= 4 is 28.2 Å². The van der Waals surface area contributed by atoms with Crippen LogP contribution in [0.1, 0.15) is 37.5 Å². The van der Waals surface area contributed by atoms with Gasteiger partial charge in [0.1, 0.15) is 0 Å². The monoisotopic (exact) mass is 416 g/mol. The number of anilines is 3. The Morgan fingerprint density at radius 3 is 2.74 bits per heavy atom. The quantitative estimate of drug-likeness (QED) is 0.456. The van der Waals surface area contributed by atoms with Crippen LogP contribution in [0.2, 0.25) is 0 Å². The largest absolute Gasteiger partial charge is 0.394 e. The van der Waals surface area contributed by atoms with Crippen molar-refractivity contribution in [2.75, 3.05) is 16.8 Å². The first-order valence-electron chi connectivity index (χ1n) is 10.2. The molecule has 4 aromatic rings. The lowest BCUT2D eigenvalue weighted by Gasteiger charge is -2.22. The minimum absolute atomic E-state index is 0.0123. The molecule has 0 amide bonds. The summed E-state index contributed by atoms with van der Waals surface area (Å²) in [4.78, 5) is 21.9. The third kappa shape index (κ3) is 3.37. The van der Waals surface area contributed by atoms with E-state index < -0.39 is 0 Å². The van der Waals surface area contributed by atoms with Crippen LogP contribution in [0.4, 0.5) is 17.5 Å². The minimum atomic E-state index is -0.212. The van der Waals surface area contributed by atoms with Gasteiger partial charge >= 0.3 is 0 Å². The number of aryl methyl sites for hydroxylation is 1. The Labute approximate surface area is 178 Å². The Morgan fingerprint density at radius 2 is 2.03 bits per heavy atom. The summed E-state index contributed by atoms with van der Waals surface area (Å²) < 4.78 is 3.66. The number of aromatic nitrogens is 5. The molecule has 3 heterocycles. The van der Waals surface area contributed by atoms with Gasteiger partial charge in [0.15, 0.2) is 5.82 Å². The van der Waals surface area contributed by atoms with Crippen LogP contribution in [0.15, 0.2) is 47.7 Å². The van der Waals surface area contributed by atoms with Crippen molar-refractivity contribution in [1.82, 2.24) is 24.3 Å². The second-order valence-corrected chi connectivity index (χ2v) is 8.05. The number of nitrogens with one attached hydrogen (secondary N) is 1. The number of pyridine rings is 1. The van der Waals surface area contributed by atoms with Crippen molar-refractivity contribution in [2.24, 2.45) is 7.05 Å². The molecule has 1 aliphatic carbocycles. The highest BCUT2D eigenvalue weighted by atomic mass is 16.1. The van der Waals surface area contributed by atoms with E-state index in [2.05, 4.69) is 26.4 Å². The van der Waals surface area contributed by atoms with Gasteiger partial charge in [0.05, 0.1) is 29.5 Å². The van der Waals surface area contributed by atoms with Crippen LogP contribution in [0.25, 0.3) is 21.9 Å². The highest BCUT2D eigenvalue weighted by molar-refractivity contribution is 5.96. The first kappa shape index (κ1) is 19.1. The molecule has 0 unspecified atom stereocenters. The molecule has 5 rings (SSSR count). The zero-order valence-electron chi connectivity index (χ0n) is 17.4. The van der Waals surface area contributed by atoms with Crippen LogP contribution < -0.4 is 22.3 Å².